The smallest absolute Gasteiger partial charge is 0.197 e. The number of hydrogen-bond donors (Lipinski definition) is 0. The summed E-state index contributed by atoms with van der Waals surface area (Å²) in [4.78, 5) is 0. The summed E-state index contributed by atoms with van der Waals surface area (Å²) in [5.74, 6) is 0. The molecule has 0 spiro atoms. The molecule has 0 saturated carbocycles. The molecule has 0 N–H and O–H groups in total. The van der Waals surface area contributed by atoms with Gasteiger partial charge in [-0.25, -0.2) is 0 Å². The predicted molar refractivity (Wildman–Crippen MR) is 44.4 cm³/mol. The minimum absolute atomic E-state index is 0. The fourth-order valence-corrected chi connectivity index (χ4v) is 0.612. The van der Waals surface area contributed by atoms with Crippen LogP contribution in [-0.2, 0) is 0 Å². The fourth-order valence-electron chi connectivity index (χ4n) is 0.0680. The molecule has 0 aromatic heterocycles. The van der Waals surface area contributed by atoms with Crippen LogP contribution in [0.15, 0.2) is 0 Å². The summed E-state index contributed by atoms with van der Waals surface area (Å²) in [6.07, 6.45) is 3.83. The quantitative estimate of drug-likeness (QED) is 0.415. The van der Waals surface area contributed by atoms with Crippen molar-refractivity contribution in [3.05, 3.63) is 0 Å². The molecule has 0 aliphatic heterocycles. The van der Waals surface area contributed by atoms with Gasteiger partial charge in [0, 0.05) is 0 Å². The predicted octanol–water partition coefficient (Wildman–Crippen LogP) is 1.16. The van der Waals surface area contributed by atoms with Crippen LogP contribution in [0.3, 0.4) is 0 Å². The van der Waals surface area contributed by atoms with Crippen LogP contribution in [0.4, 0.5) is 0 Å². The minimum atomic E-state index is 0. The van der Waals surface area contributed by atoms with E-state index in [0.29, 0.717) is 0 Å². The zero-order chi connectivity index (χ0) is 4.12. The van der Waals surface area contributed by atoms with Crippen LogP contribution in [0.1, 0.15) is 0 Å². The molecule has 36 valence electrons. The van der Waals surface area contributed by atoms with Crippen LogP contribution in [0, 0.1) is 0 Å². The molecule has 0 atom stereocenters. The second-order valence-corrected chi connectivity index (χ2v) is 2.87. The topological polar surface area (TPSA) is 0 Å². The van der Waals surface area contributed by atoms with Crippen molar-refractivity contribution < 1.29 is 0 Å². The van der Waals surface area contributed by atoms with Crippen molar-refractivity contribution in [1.29, 1.82) is 0 Å². The van der Waals surface area contributed by atoms with Crippen molar-refractivity contribution in [3.8, 4) is 0 Å². The Morgan fingerprint density at radius 2 is 2.17 bits per heavy atom. The Hall–Kier alpha value is 0.985. The zero-order valence-electron chi connectivity index (χ0n) is 3.60. The fraction of sp³-hybridized carbons (Fsp3) is 0.500. The van der Waals surface area contributed by atoms with Gasteiger partial charge in [-0.2, -0.15) is 13.5 Å². The van der Waals surface area contributed by atoms with Crippen LogP contribution in [0.5, 0.6) is 0 Å². The maximum Gasteiger partial charge on any atom is -0.197 e. The molecular weight excluding hydrogens is 131 g/mol. The van der Waals surface area contributed by atoms with Gasteiger partial charge in [0.25, 0.3) is 0 Å². The van der Waals surface area contributed by atoms with E-state index in [0.717, 1.165) is 0 Å². The van der Waals surface area contributed by atoms with E-state index in [-0.39, 0.29) is 13.5 Å². The van der Waals surface area contributed by atoms with Crippen molar-refractivity contribution in [2.45, 2.75) is 0 Å². The van der Waals surface area contributed by atoms with Gasteiger partial charge in [-0.3, -0.25) is 0 Å². The van der Waals surface area contributed by atoms with Crippen LogP contribution in [0.25, 0.3) is 0 Å². The van der Waals surface area contributed by atoms with Gasteiger partial charge in [0.15, 0.2) is 0 Å². The molecule has 0 aromatic carbocycles. The second kappa shape index (κ2) is 9.37. The summed E-state index contributed by atoms with van der Waals surface area (Å²) in [5.41, 5.74) is 0. The number of rotatable bonds is 2. The van der Waals surface area contributed by atoms with Crippen molar-refractivity contribution >= 4 is 47.6 Å². The normalized spacial score (nSPS) is 5.50. The third kappa shape index (κ3) is 8.88. The first-order valence-electron chi connectivity index (χ1n) is 1.22. The van der Waals surface area contributed by atoms with Gasteiger partial charge >= 0.3 is 40.4 Å². The molecule has 0 aliphatic rings. The average Bonchev–Trinajstić information content (AvgIpc) is 1.41. The van der Waals surface area contributed by atoms with Crippen molar-refractivity contribution in [3.63, 3.8) is 0 Å². The van der Waals surface area contributed by atoms with E-state index in [1.807, 2.05) is 12.5 Å². The van der Waals surface area contributed by atoms with Gasteiger partial charge in [-0.05, 0) is 0 Å². The third-order valence-electron chi connectivity index (χ3n) is 0.164. The van der Waals surface area contributed by atoms with Crippen LogP contribution >= 0.6 is 34.9 Å². The Morgan fingerprint density at radius 3 is 2.17 bits per heavy atom. The molecule has 0 fully saturated rings. The molecule has 0 nitrogen and oxygen atoms in total. The summed E-state index contributed by atoms with van der Waals surface area (Å²) >= 11 is 0. The standard InChI is InChI=1S/C2H5BS2.H2S/c1-3-5-4-2;/h1H2,2H3;1H2. The minimum Gasteiger partial charge on any atom is -0.197 e. The maximum atomic E-state index is 3.49. The van der Waals surface area contributed by atoms with E-state index in [1.54, 1.807) is 21.4 Å². The molecule has 0 aromatic rings. The van der Waals surface area contributed by atoms with Gasteiger partial charge in [0.05, 0.1) is 0 Å². The summed E-state index contributed by atoms with van der Waals surface area (Å²) in [6, 6.07) is 0. The third-order valence-corrected chi connectivity index (χ3v) is 1.48. The number of hydrogen-bond acceptors (Lipinski definition) is 2. The Bertz CT molecular complexity index is 30.0. The second-order valence-electron chi connectivity index (χ2n) is 0.430. The monoisotopic (exact) mass is 138 g/mol. The zero-order valence-corrected chi connectivity index (χ0v) is 6.23. The first-order chi connectivity index (χ1) is 2.41. The largest absolute Gasteiger partial charge is 0.197 e. The molecule has 0 rings (SSSR count). The van der Waals surface area contributed by atoms with E-state index in [1.165, 1.54) is 0 Å². The molecule has 0 saturated heterocycles. The van der Waals surface area contributed by atoms with Crippen LogP contribution in [-0.4, -0.2) is 18.9 Å². The molecule has 6 heavy (non-hydrogen) atoms. The van der Waals surface area contributed by atoms with E-state index < -0.39 is 0 Å². The van der Waals surface area contributed by atoms with E-state index in [2.05, 4.69) is 6.47 Å². The molecular formula is C2H7BS3. The Balaban J connectivity index is 0. The first kappa shape index (κ1) is 10.1. The molecule has 4 heteroatoms. The van der Waals surface area contributed by atoms with Crippen molar-refractivity contribution in [2.24, 2.45) is 0 Å². The molecule has 0 amide bonds. The van der Waals surface area contributed by atoms with Crippen molar-refractivity contribution in [1.82, 2.24) is 0 Å². The van der Waals surface area contributed by atoms with E-state index in [9.17, 15) is 0 Å². The van der Waals surface area contributed by atoms with Gasteiger partial charge in [-0.1, -0.05) is 0 Å². The van der Waals surface area contributed by atoms with E-state index in [4.69, 9.17) is 0 Å². The summed E-state index contributed by atoms with van der Waals surface area (Å²) in [7, 11) is 3.34. The SMILES string of the molecule is C=BSSC.S. The summed E-state index contributed by atoms with van der Waals surface area (Å²) in [6.45, 7) is 3.49. The molecule has 0 unspecified atom stereocenters. The Kier molecular flexibility index (Phi) is 15.7. The molecule has 0 heterocycles. The maximum absolute atomic E-state index is 3.49. The molecule has 0 bridgehead atoms. The van der Waals surface area contributed by atoms with Crippen LogP contribution in [0.2, 0.25) is 0 Å². The summed E-state index contributed by atoms with van der Waals surface area (Å²) < 4.78 is 0. The molecule has 0 aliphatic carbocycles. The first-order valence-corrected chi connectivity index (χ1v) is 3.84. The Labute approximate surface area is 54.1 Å². The van der Waals surface area contributed by atoms with Crippen molar-refractivity contribution in [2.75, 3.05) is 6.26 Å². The average molecular weight is 138 g/mol. The van der Waals surface area contributed by atoms with Crippen LogP contribution < -0.4 is 0 Å². The van der Waals surface area contributed by atoms with Gasteiger partial charge < -0.3 is 0 Å². The van der Waals surface area contributed by atoms with E-state index >= 15 is 0 Å². The van der Waals surface area contributed by atoms with Gasteiger partial charge in [0.2, 0.25) is 0 Å². The summed E-state index contributed by atoms with van der Waals surface area (Å²) in [5, 5.41) is 0. The van der Waals surface area contributed by atoms with Gasteiger partial charge in [-0.15, -0.1) is 0 Å². The molecule has 0 radical (unpaired) electrons. The van der Waals surface area contributed by atoms with Gasteiger partial charge in [0.1, 0.15) is 0 Å². The Morgan fingerprint density at radius 1 is 1.67 bits per heavy atom.